The van der Waals surface area contributed by atoms with E-state index in [9.17, 15) is 13.2 Å². The molecule has 0 saturated carbocycles. The zero-order valence-corrected chi connectivity index (χ0v) is 11.7. The Hall–Kier alpha value is -1.10. The van der Waals surface area contributed by atoms with Gasteiger partial charge >= 0.3 is 6.11 Å². The highest BCUT2D eigenvalue weighted by molar-refractivity contribution is 6.20. The number of halogens is 4. The molecule has 0 bridgehead atoms. The summed E-state index contributed by atoms with van der Waals surface area (Å²) in [4.78, 5) is 0. The third kappa shape index (κ3) is 3.93. The summed E-state index contributed by atoms with van der Waals surface area (Å²) in [5.41, 5.74) is -2.36. The molecule has 2 unspecified atom stereocenters. The van der Waals surface area contributed by atoms with Crippen molar-refractivity contribution in [2.24, 2.45) is 0 Å². The predicted octanol–water partition coefficient (Wildman–Crippen LogP) is 4.71. The Bertz CT molecular complexity index is 424. The minimum Gasteiger partial charge on any atom is -0.497 e. The number of alkyl halides is 4. The summed E-state index contributed by atoms with van der Waals surface area (Å²) >= 11 is 4.79. The van der Waals surface area contributed by atoms with Gasteiger partial charge < -0.3 is 9.47 Å². The molecule has 0 spiro atoms. The second kappa shape index (κ2) is 6.37. The van der Waals surface area contributed by atoms with Crippen LogP contribution in [0.1, 0.15) is 31.7 Å². The molecule has 2 nitrogen and oxygen atoms in total. The van der Waals surface area contributed by atoms with E-state index in [1.807, 2.05) is 13.8 Å². The van der Waals surface area contributed by atoms with Gasteiger partial charge in [-0.3, -0.25) is 0 Å². The van der Waals surface area contributed by atoms with E-state index >= 15 is 0 Å². The van der Waals surface area contributed by atoms with E-state index in [2.05, 4.69) is 4.74 Å². The van der Waals surface area contributed by atoms with Crippen LogP contribution in [0.4, 0.5) is 13.2 Å². The Morgan fingerprint density at radius 2 is 2.00 bits per heavy atom. The van der Waals surface area contributed by atoms with Crippen LogP contribution in [0.5, 0.6) is 11.5 Å². The maximum atomic E-state index is 13.2. The zero-order valence-electron chi connectivity index (χ0n) is 10.9. The molecular formula is C13H16ClF3O2. The number of rotatable bonds is 6. The van der Waals surface area contributed by atoms with E-state index in [1.165, 1.54) is 13.2 Å². The van der Waals surface area contributed by atoms with Gasteiger partial charge in [0.15, 0.2) is 0 Å². The maximum absolute atomic E-state index is 13.2. The average molecular weight is 297 g/mol. The molecule has 0 saturated heterocycles. The number of hydrogen-bond donors (Lipinski definition) is 0. The first-order chi connectivity index (χ1) is 8.81. The predicted molar refractivity (Wildman–Crippen MR) is 68.0 cm³/mol. The van der Waals surface area contributed by atoms with Crippen LogP contribution in [0.15, 0.2) is 18.2 Å². The van der Waals surface area contributed by atoms with Crippen LogP contribution in [0.2, 0.25) is 0 Å². The molecule has 0 aliphatic carbocycles. The van der Waals surface area contributed by atoms with Gasteiger partial charge in [0, 0.05) is 6.07 Å². The van der Waals surface area contributed by atoms with E-state index in [1.54, 1.807) is 12.1 Å². The molecule has 1 aromatic rings. The normalized spacial score (nSPS) is 14.9. The van der Waals surface area contributed by atoms with Crippen LogP contribution in [0.25, 0.3) is 0 Å². The van der Waals surface area contributed by atoms with Gasteiger partial charge in [-0.2, -0.15) is 8.78 Å². The van der Waals surface area contributed by atoms with E-state index in [0.29, 0.717) is 11.3 Å². The van der Waals surface area contributed by atoms with E-state index < -0.39 is 11.7 Å². The minimum atomic E-state index is -4.09. The largest absolute Gasteiger partial charge is 0.497 e. The number of ether oxygens (including phenoxy) is 2. The molecule has 0 aromatic heterocycles. The Balaban J connectivity index is 3.14. The maximum Gasteiger partial charge on any atom is 0.444 e. The second-order valence-electron chi connectivity index (χ2n) is 4.18. The fraction of sp³-hybridized carbons (Fsp3) is 0.538. The van der Waals surface area contributed by atoms with Crippen molar-refractivity contribution in [3.8, 4) is 11.5 Å². The van der Waals surface area contributed by atoms with Crippen molar-refractivity contribution in [2.75, 3.05) is 7.11 Å². The summed E-state index contributed by atoms with van der Waals surface area (Å²) in [5, 5.41) is 0. The lowest BCUT2D eigenvalue weighted by molar-refractivity contribution is -0.199. The van der Waals surface area contributed by atoms with E-state index in [0.717, 1.165) is 6.42 Å². The summed E-state index contributed by atoms with van der Waals surface area (Å²) in [7, 11) is 1.40. The summed E-state index contributed by atoms with van der Waals surface area (Å²) in [6.07, 6.45) is -3.36. The van der Waals surface area contributed by atoms with Crippen molar-refractivity contribution in [1.82, 2.24) is 0 Å². The van der Waals surface area contributed by atoms with Crippen LogP contribution >= 0.6 is 11.6 Å². The smallest absolute Gasteiger partial charge is 0.444 e. The highest BCUT2D eigenvalue weighted by Crippen LogP contribution is 2.37. The first-order valence-corrected chi connectivity index (χ1v) is 6.28. The Kier molecular flexibility index (Phi) is 5.35. The molecule has 1 aromatic carbocycles. The summed E-state index contributed by atoms with van der Waals surface area (Å²) in [5.74, 6) is 0.218. The molecule has 108 valence electrons. The Labute approximate surface area is 115 Å². The number of methoxy groups -OCH3 is 1. The van der Waals surface area contributed by atoms with Gasteiger partial charge in [0.05, 0.1) is 7.11 Å². The van der Waals surface area contributed by atoms with Gasteiger partial charge in [0.25, 0.3) is 5.63 Å². The number of benzene rings is 1. The fourth-order valence-electron chi connectivity index (χ4n) is 1.55. The molecule has 2 atom stereocenters. The van der Waals surface area contributed by atoms with Crippen LogP contribution in [0.3, 0.4) is 0 Å². The minimum absolute atomic E-state index is 0.00917. The van der Waals surface area contributed by atoms with Crippen LogP contribution in [-0.4, -0.2) is 18.8 Å². The standard InChI is InChI=1S/C13H16ClF3O2/c1-4-8(2)10-6-5-9(18-3)7-11(10)19-13(16,17)12(14)15/h5-8,12H,4H2,1-3H3. The second-order valence-corrected chi connectivity index (χ2v) is 4.56. The Morgan fingerprint density at radius 3 is 2.47 bits per heavy atom. The lowest BCUT2D eigenvalue weighted by Gasteiger charge is -2.22. The average Bonchev–Trinajstić information content (AvgIpc) is 2.37. The molecule has 0 aliphatic heterocycles. The molecule has 19 heavy (non-hydrogen) atoms. The van der Waals surface area contributed by atoms with E-state index in [-0.39, 0.29) is 11.7 Å². The quantitative estimate of drug-likeness (QED) is 0.708. The molecular weight excluding hydrogens is 281 g/mol. The van der Waals surface area contributed by atoms with Gasteiger partial charge in [0.1, 0.15) is 11.5 Å². The monoisotopic (exact) mass is 296 g/mol. The number of hydrogen-bond acceptors (Lipinski definition) is 2. The van der Waals surface area contributed by atoms with Crippen LogP contribution in [0, 0.1) is 0 Å². The van der Waals surface area contributed by atoms with Gasteiger partial charge in [0.2, 0.25) is 0 Å². The molecule has 0 heterocycles. The lowest BCUT2D eigenvalue weighted by Crippen LogP contribution is -2.33. The molecule has 0 N–H and O–H groups in total. The van der Waals surface area contributed by atoms with Crippen LogP contribution in [-0.2, 0) is 0 Å². The summed E-state index contributed by atoms with van der Waals surface area (Å²) in [6.45, 7) is 3.77. The summed E-state index contributed by atoms with van der Waals surface area (Å²) in [6, 6.07) is 4.56. The van der Waals surface area contributed by atoms with Crippen molar-refractivity contribution in [3.05, 3.63) is 23.8 Å². The molecule has 0 radical (unpaired) electrons. The van der Waals surface area contributed by atoms with Crippen molar-refractivity contribution >= 4 is 11.6 Å². The van der Waals surface area contributed by atoms with Gasteiger partial charge in [-0.15, -0.1) is 0 Å². The van der Waals surface area contributed by atoms with Crippen molar-refractivity contribution < 1.29 is 22.6 Å². The molecule has 0 amide bonds. The first-order valence-electron chi connectivity index (χ1n) is 5.84. The topological polar surface area (TPSA) is 18.5 Å². The molecule has 0 fully saturated rings. The molecule has 0 aliphatic rings. The molecule has 1 rings (SSSR count). The van der Waals surface area contributed by atoms with Gasteiger partial charge in [-0.05, 0) is 24.0 Å². The first kappa shape index (κ1) is 16.0. The fourth-order valence-corrected chi connectivity index (χ4v) is 1.59. The Morgan fingerprint density at radius 1 is 1.37 bits per heavy atom. The SMILES string of the molecule is CCC(C)c1ccc(OC)cc1OC(F)(F)C(F)Cl. The van der Waals surface area contributed by atoms with Crippen molar-refractivity contribution in [2.45, 2.75) is 37.9 Å². The zero-order chi connectivity index (χ0) is 14.6. The molecule has 6 heteroatoms. The highest BCUT2D eigenvalue weighted by Gasteiger charge is 2.42. The lowest BCUT2D eigenvalue weighted by atomic mass is 9.97. The van der Waals surface area contributed by atoms with Crippen LogP contribution < -0.4 is 9.47 Å². The van der Waals surface area contributed by atoms with Gasteiger partial charge in [-0.1, -0.05) is 31.5 Å². The highest BCUT2D eigenvalue weighted by atomic mass is 35.5. The third-order valence-corrected chi connectivity index (χ3v) is 3.12. The van der Waals surface area contributed by atoms with Gasteiger partial charge in [-0.25, -0.2) is 4.39 Å². The summed E-state index contributed by atoms with van der Waals surface area (Å²) < 4.78 is 48.5. The van der Waals surface area contributed by atoms with E-state index in [4.69, 9.17) is 16.3 Å². The third-order valence-electron chi connectivity index (χ3n) is 2.86. The van der Waals surface area contributed by atoms with Crippen molar-refractivity contribution in [3.63, 3.8) is 0 Å². The van der Waals surface area contributed by atoms with Crippen molar-refractivity contribution in [1.29, 1.82) is 0 Å².